The summed E-state index contributed by atoms with van der Waals surface area (Å²) >= 11 is 6.03. The van der Waals surface area contributed by atoms with E-state index in [1.165, 1.54) is 12.1 Å². The summed E-state index contributed by atoms with van der Waals surface area (Å²) in [4.78, 5) is 31.5. The molecule has 1 fully saturated rings. The van der Waals surface area contributed by atoms with Gasteiger partial charge in [-0.25, -0.2) is 4.39 Å². The first-order valence-electron chi connectivity index (χ1n) is 11.1. The average Bonchev–Trinajstić information content (AvgIpc) is 3.19. The van der Waals surface area contributed by atoms with Crippen molar-refractivity contribution in [2.45, 2.75) is 18.5 Å². The molecule has 5 rings (SSSR count). The Hall–Kier alpha value is -3.29. The maximum absolute atomic E-state index is 12.9. The molecule has 0 aliphatic carbocycles. The minimum absolute atomic E-state index is 0.0636. The predicted molar refractivity (Wildman–Crippen MR) is 129 cm³/mol. The summed E-state index contributed by atoms with van der Waals surface area (Å²) in [6, 6.07) is 17.7. The van der Waals surface area contributed by atoms with Crippen molar-refractivity contribution in [3.05, 3.63) is 100 Å². The van der Waals surface area contributed by atoms with Crippen molar-refractivity contribution in [3.63, 3.8) is 0 Å². The summed E-state index contributed by atoms with van der Waals surface area (Å²) in [6.45, 7) is 2.17. The molecule has 3 aromatic rings. The Morgan fingerprint density at radius 1 is 1.12 bits per heavy atom. The number of halogens is 2. The first kappa shape index (κ1) is 23.9. The van der Waals surface area contributed by atoms with Crippen LogP contribution in [0.25, 0.3) is 0 Å². The van der Waals surface area contributed by atoms with E-state index in [0.29, 0.717) is 24.4 Å². The molecule has 1 aromatic heterocycles. The van der Waals surface area contributed by atoms with Crippen LogP contribution in [0.4, 0.5) is 4.39 Å². The van der Waals surface area contributed by atoms with E-state index in [4.69, 9.17) is 11.6 Å². The fraction of sp³-hybridized carbons (Fsp3) is 0.269. The highest BCUT2D eigenvalue weighted by atomic mass is 35.5. The highest BCUT2D eigenvalue weighted by Crippen LogP contribution is 2.43. The summed E-state index contributed by atoms with van der Waals surface area (Å²) in [5.74, 6) is -0.171. The van der Waals surface area contributed by atoms with Crippen LogP contribution < -0.4 is 5.32 Å². The van der Waals surface area contributed by atoms with Crippen LogP contribution >= 0.6 is 11.6 Å². The van der Waals surface area contributed by atoms with Crippen LogP contribution in [0.15, 0.2) is 66.9 Å². The fourth-order valence-corrected chi connectivity index (χ4v) is 4.73. The summed E-state index contributed by atoms with van der Waals surface area (Å²) < 4.78 is 12.4. The van der Waals surface area contributed by atoms with E-state index in [1.807, 2.05) is 41.3 Å². The number of nitrogens with zero attached hydrogens (tertiary/aromatic N) is 3. The van der Waals surface area contributed by atoms with Crippen LogP contribution in [0, 0.1) is 5.82 Å². The number of carbonyl (C=O) groups is 2. The Morgan fingerprint density at radius 3 is 2.56 bits per heavy atom. The molecule has 1 unspecified atom stereocenters. The maximum Gasteiger partial charge on any atom is 0.257 e. The van der Waals surface area contributed by atoms with Gasteiger partial charge >= 0.3 is 0 Å². The van der Waals surface area contributed by atoms with Crippen LogP contribution in [0.1, 0.15) is 27.2 Å². The van der Waals surface area contributed by atoms with E-state index in [-0.39, 0.29) is 11.7 Å². The largest absolute Gasteiger partial charge is 0.358 e. The molecule has 176 valence electrons. The quantitative estimate of drug-likeness (QED) is 0.447. The zero-order valence-corrected chi connectivity index (χ0v) is 19.6. The molecule has 0 spiro atoms. The molecule has 8 heteroatoms. The molecule has 0 saturated carbocycles. The smallest absolute Gasteiger partial charge is 0.257 e. The van der Waals surface area contributed by atoms with Gasteiger partial charge in [0, 0.05) is 37.3 Å². The highest BCUT2D eigenvalue weighted by molar-refractivity contribution is 6.30. The Morgan fingerprint density at radius 2 is 1.85 bits per heavy atom. The Bertz CT molecular complexity index is 1160. The minimum atomic E-state index is -0.455. The number of amides is 2. The number of rotatable bonds is 5. The second kappa shape index (κ2) is 10.3. The summed E-state index contributed by atoms with van der Waals surface area (Å²) in [6.07, 6.45) is 3.85. The lowest BCUT2D eigenvalue weighted by Crippen LogP contribution is -2.56. The number of pyridine rings is 1. The summed E-state index contributed by atoms with van der Waals surface area (Å²) in [5, 5.41) is 3.24. The van der Waals surface area contributed by atoms with E-state index >= 15 is 0 Å². The molecule has 2 aliphatic rings. The number of nitrogens with one attached hydrogen (secondary N) is 1. The van der Waals surface area contributed by atoms with E-state index in [0.717, 1.165) is 41.9 Å². The molecule has 2 aliphatic heterocycles. The van der Waals surface area contributed by atoms with Crippen molar-refractivity contribution in [3.8, 4) is 0 Å². The zero-order chi connectivity index (χ0) is 24.1. The minimum Gasteiger partial charge on any atom is -0.358 e. The number of benzene rings is 2. The topological polar surface area (TPSA) is 65.5 Å². The van der Waals surface area contributed by atoms with E-state index in [1.54, 1.807) is 18.3 Å². The monoisotopic (exact) mass is 480 g/mol. The van der Waals surface area contributed by atoms with E-state index in [9.17, 15) is 14.0 Å². The van der Waals surface area contributed by atoms with E-state index < -0.39 is 5.66 Å². The second-order valence-electron chi connectivity index (χ2n) is 8.32. The Balaban J connectivity index is 0.000000195. The Kier molecular flexibility index (Phi) is 7.24. The van der Waals surface area contributed by atoms with Gasteiger partial charge in [0.15, 0.2) is 0 Å². The number of fused-ring (bicyclic) bond motifs is 2. The van der Waals surface area contributed by atoms with Crippen LogP contribution in [0.2, 0.25) is 5.02 Å². The molecular formula is C26H26ClFN4O2. The Labute approximate surface area is 203 Å². The first-order chi connectivity index (χ1) is 16.5. The molecule has 1 saturated heterocycles. The molecule has 0 radical (unpaired) electrons. The normalized spacial score (nSPS) is 19.0. The first-order valence-corrected chi connectivity index (χ1v) is 11.5. The molecule has 1 N–H and O–H groups in total. The molecule has 2 amide bonds. The second-order valence-corrected chi connectivity index (χ2v) is 8.76. The van der Waals surface area contributed by atoms with Gasteiger partial charge in [0.1, 0.15) is 11.5 Å². The lowest BCUT2D eigenvalue weighted by atomic mass is 9.86. The van der Waals surface area contributed by atoms with Gasteiger partial charge in [-0.2, -0.15) is 0 Å². The maximum atomic E-state index is 12.9. The lowest BCUT2D eigenvalue weighted by molar-refractivity contribution is -0.109. The van der Waals surface area contributed by atoms with Gasteiger partial charge in [0.2, 0.25) is 6.41 Å². The van der Waals surface area contributed by atoms with Crippen molar-refractivity contribution in [2.24, 2.45) is 0 Å². The molecule has 0 bridgehead atoms. The number of hydrogen-bond donors (Lipinski definition) is 1. The van der Waals surface area contributed by atoms with Crippen molar-refractivity contribution in [1.82, 2.24) is 20.1 Å². The average molecular weight is 481 g/mol. The van der Waals surface area contributed by atoms with Crippen LogP contribution in [-0.2, 0) is 23.3 Å². The van der Waals surface area contributed by atoms with Crippen molar-refractivity contribution in [2.75, 3.05) is 26.7 Å². The number of aromatic nitrogens is 1. The van der Waals surface area contributed by atoms with Crippen LogP contribution in [-0.4, -0.2) is 53.8 Å². The van der Waals surface area contributed by atoms with Crippen LogP contribution in [0.3, 0.4) is 0 Å². The summed E-state index contributed by atoms with van der Waals surface area (Å²) in [5.41, 5.74) is 3.24. The summed E-state index contributed by atoms with van der Waals surface area (Å²) in [7, 11) is 2.07. The number of likely N-dealkylation sites (N-methyl/N-ethyl adjacent to an activating group) is 1. The van der Waals surface area contributed by atoms with Crippen molar-refractivity contribution < 1.29 is 14.0 Å². The van der Waals surface area contributed by atoms with Gasteiger partial charge in [-0.3, -0.25) is 19.5 Å². The van der Waals surface area contributed by atoms with Crippen LogP contribution in [0.5, 0.6) is 0 Å². The number of carbonyl (C=O) groups excluding carboxylic acids is 2. The van der Waals surface area contributed by atoms with Gasteiger partial charge in [0.05, 0.1) is 11.3 Å². The molecule has 1 atom stereocenters. The van der Waals surface area contributed by atoms with E-state index in [2.05, 4.69) is 22.2 Å². The molecule has 2 aromatic carbocycles. The molecule has 3 heterocycles. The predicted octanol–water partition coefficient (Wildman–Crippen LogP) is 3.65. The van der Waals surface area contributed by atoms with Crippen molar-refractivity contribution in [1.29, 1.82) is 0 Å². The zero-order valence-electron chi connectivity index (χ0n) is 18.9. The molecule has 34 heavy (non-hydrogen) atoms. The third-order valence-corrected chi connectivity index (χ3v) is 6.63. The van der Waals surface area contributed by atoms with Gasteiger partial charge in [0.25, 0.3) is 5.91 Å². The third kappa shape index (κ3) is 4.67. The van der Waals surface area contributed by atoms with Gasteiger partial charge in [-0.05, 0) is 61.0 Å². The van der Waals surface area contributed by atoms with Gasteiger partial charge < -0.3 is 10.2 Å². The SMILES string of the molecule is CN1CCN2C(=O)c3cccnc3CC12c1ccc(Cl)cc1.O=CNCCc1ccc(F)cc1. The number of hydrogen-bond acceptors (Lipinski definition) is 4. The molecular weight excluding hydrogens is 455 g/mol. The lowest BCUT2D eigenvalue weighted by Gasteiger charge is -2.46. The fourth-order valence-electron chi connectivity index (χ4n) is 4.60. The van der Waals surface area contributed by atoms with Crippen molar-refractivity contribution >= 4 is 23.9 Å². The highest BCUT2D eigenvalue weighted by Gasteiger charge is 2.52. The standard InChI is InChI=1S/C17H16ClN3O.C9H10FNO/c1-20-9-10-21-16(22)14-3-2-8-19-15(14)11-17(20,21)12-4-6-13(18)7-5-12;10-9-3-1-8(2-4-9)5-6-11-7-12/h2-8H,9-11H2,1H3;1-4,7H,5-6H2,(H,11,12). The van der Waals surface area contributed by atoms with Gasteiger partial charge in [-0.15, -0.1) is 0 Å². The molecule has 6 nitrogen and oxygen atoms in total. The third-order valence-electron chi connectivity index (χ3n) is 6.38. The van der Waals surface area contributed by atoms with Gasteiger partial charge in [-0.1, -0.05) is 35.9 Å².